The maximum absolute atomic E-state index is 12.1. The molecule has 0 spiro atoms. The zero-order valence-electron chi connectivity index (χ0n) is 12.4. The Morgan fingerprint density at radius 2 is 1.90 bits per heavy atom. The van der Waals surface area contributed by atoms with Gasteiger partial charge in [-0.25, -0.2) is 0 Å². The number of carbonyl (C=O) groups excluding carboxylic acids is 3. The molecule has 21 heavy (non-hydrogen) atoms. The summed E-state index contributed by atoms with van der Waals surface area (Å²) in [5, 5.41) is 5.99. The lowest BCUT2D eigenvalue weighted by Gasteiger charge is -2.13. The Labute approximate surface area is 123 Å². The highest BCUT2D eigenvalue weighted by Crippen LogP contribution is 2.22. The van der Waals surface area contributed by atoms with Crippen molar-refractivity contribution in [3.05, 3.63) is 34.9 Å². The third kappa shape index (κ3) is 2.95. The van der Waals surface area contributed by atoms with E-state index in [1.807, 2.05) is 13.8 Å². The van der Waals surface area contributed by atoms with Gasteiger partial charge in [0, 0.05) is 25.2 Å². The molecule has 1 aliphatic rings. The van der Waals surface area contributed by atoms with Gasteiger partial charge >= 0.3 is 0 Å². The van der Waals surface area contributed by atoms with Crippen LogP contribution in [0, 0.1) is 0 Å². The summed E-state index contributed by atoms with van der Waals surface area (Å²) in [7, 11) is 1.43. The Kier molecular flexibility index (Phi) is 4.37. The molecule has 0 saturated heterocycles. The zero-order valence-corrected chi connectivity index (χ0v) is 12.4. The van der Waals surface area contributed by atoms with Crippen LogP contribution in [0.25, 0.3) is 0 Å². The Balaban J connectivity index is 2.11. The Morgan fingerprint density at radius 1 is 1.24 bits per heavy atom. The van der Waals surface area contributed by atoms with Gasteiger partial charge in [0.05, 0.1) is 11.1 Å². The summed E-state index contributed by atoms with van der Waals surface area (Å²) in [4.78, 5) is 36.8. The van der Waals surface area contributed by atoms with E-state index < -0.39 is 0 Å². The lowest BCUT2D eigenvalue weighted by atomic mass is 10.1. The average molecular weight is 289 g/mol. The number of carbonyl (C=O) groups is 3. The van der Waals surface area contributed by atoms with Crippen molar-refractivity contribution in [2.24, 2.45) is 0 Å². The number of benzene rings is 1. The fraction of sp³-hybridized carbons (Fsp3) is 0.400. The Hall–Kier alpha value is -2.21. The largest absolute Gasteiger partial charge is 0.350 e. The number of rotatable bonds is 5. The summed E-state index contributed by atoms with van der Waals surface area (Å²) < 4.78 is 0. The standard InChI is InChI=1S/C15H19N3O3/c1-4-16-9(2)8-17-13(19)10-5-6-11-12(7-10)15(21)18(3)14(11)20/h5-7,9,16H,4,8H2,1-3H3,(H,17,19)/t9-/m1/s1. The van der Waals surface area contributed by atoms with Crippen LogP contribution in [-0.4, -0.2) is 48.8 Å². The first-order valence-corrected chi connectivity index (χ1v) is 6.93. The van der Waals surface area contributed by atoms with Gasteiger partial charge in [0.1, 0.15) is 0 Å². The van der Waals surface area contributed by atoms with Crippen LogP contribution in [0.2, 0.25) is 0 Å². The number of imide groups is 1. The van der Waals surface area contributed by atoms with Crippen LogP contribution in [0.5, 0.6) is 0 Å². The molecule has 0 bridgehead atoms. The van der Waals surface area contributed by atoms with Gasteiger partial charge in [0.2, 0.25) is 0 Å². The van der Waals surface area contributed by atoms with E-state index >= 15 is 0 Å². The summed E-state index contributed by atoms with van der Waals surface area (Å²) >= 11 is 0. The minimum absolute atomic E-state index is 0.169. The second kappa shape index (κ2) is 6.05. The number of amides is 3. The van der Waals surface area contributed by atoms with Crippen LogP contribution in [0.3, 0.4) is 0 Å². The molecule has 1 aromatic carbocycles. The number of hydrogen-bond acceptors (Lipinski definition) is 4. The molecule has 2 N–H and O–H groups in total. The number of nitrogens with one attached hydrogen (secondary N) is 2. The van der Waals surface area contributed by atoms with Gasteiger partial charge in [-0.15, -0.1) is 0 Å². The first-order valence-electron chi connectivity index (χ1n) is 6.93. The molecule has 0 radical (unpaired) electrons. The molecule has 0 fully saturated rings. The quantitative estimate of drug-likeness (QED) is 0.780. The SMILES string of the molecule is CCN[C@H](C)CNC(=O)c1ccc2c(c1)C(=O)N(C)C2=O. The fourth-order valence-electron chi connectivity index (χ4n) is 2.27. The summed E-state index contributed by atoms with van der Waals surface area (Å²) in [5.74, 6) is -0.953. The molecule has 0 aromatic heterocycles. The number of nitrogens with zero attached hydrogens (tertiary/aromatic N) is 1. The van der Waals surface area contributed by atoms with Crippen molar-refractivity contribution >= 4 is 17.7 Å². The third-order valence-electron chi connectivity index (χ3n) is 3.47. The van der Waals surface area contributed by atoms with Crippen LogP contribution in [0.15, 0.2) is 18.2 Å². The van der Waals surface area contributed by atoms with Crippen LogP contribution < -0.4 is 10.6 Å². The number of likely N-dealkylation sites (N-methyl/N-ethyl adjacent to an activating group) is 1. The summed E-state index contributed by atoms with van der Waals surface area (Å²) in [6, 6.07) is 4.74. The molecule has 1 heterocycles. The highest BCUT2D eigenvalue weighted by atomic mass is 16.2. The van der Waals surface area contributed by atoms with Crippen molar-refractivity contribution in [2.45, 2.75) is 19.9 Å². The molecule has 0 saturated carbocycles. The zero-order chi connectivity index (χ0) is 15.6. The second-order valence-electron chi connectivity index (χ2n) is 5.10. The van der Waals surface area contributed by atoms with E-state index in [-0.39, 0.29) is 29.3 Å². The average Bonchev–Trinajstić information content (AvgIpc) is 2.69. The van der Waals surface area contributed by atoms with Gasteiger partial charge in [-0.05, 0) is 31.7 Å². The van der Waals surface area contributed by atoms with E-state index in [0.717, 1.165) is 11.4 Å². The van der Waals surface area contributed by atoms with Gasteiger partial charge in [-0.2, -0.15) is 0 Å². The van der Waals surface area contributed by atoms with Gasteiger partial charge < -0.3 is 10.6 Å². The highest BCUT2D eigenvalue weighted by Gasteiger charge is 2.33. The van der Waals surface area contributed by atoms with Crippen molar-refractivity contribution in [3.63, 3.8) is 0 Å². The van der Waals surface area contributed by atoms with Crippen LogP contribution in [0.1, 0.15) is 44.9 Å². The van der Waals surface area contributed by atoms with Crippen LogP contribution in [0.4, 0.5) is 0 Å². The van der Waals surface area contributed by atoms with Crippen LogP contribution in [-0.2, 0) is 0 Å². The smallest absolute Gasteiger partial charge is 0.261 e. The molecule has 112 valence electrons. The van der Waals surface area contributed by atoms with Gasteiger partial charge in [0.15, 0.2) is 0 Å². The molecule has 6 heteroatoms. The van der Waals surface area contributed by atoms with E-state index in [1.165, 1.54) is 19.2 Å². The normalized spacial score (nSPS) is 15.1. The van der Waals surface area contributed by atoms with Gasteiger partial charge in [-0.3, -0.25) is 19.3 Å². The van der Waals surface area contributed by atoms with E-state index in [4.69, 9.17) is 0 Å². The minimum Gasteiger partial charge on any atom is -0.350 e. The predicted molar refractivity (Wildman–Crippen MR) is 78.3 cm³/mol. The Bertz CT molecular complexity index is 598. The number of fused-ring (bicyclic) bond motifs is 1. The number of hydrogen-bond donors (Lipinski definition) is 2. The second-order valence-corrected chi connectivity index (χ2v) is 5.10. The monoisotopic (exact) mass is 289 g/mol. The molecular weight excluding hydrogens is 270 g/mol. The maximum Gasteiger partial charge on any atom is 0.261 e. The Morgan fingerprint density at radius 3 is 2.57 bits per heavy atom. The lowest BCUT2D eigenvalue weighted by Crippen LogP contribution is -2.38. The lowest BCUT2D eigenvalue weighted by molar-refractivity contribution is 0.0693. The van der Waals surface area contributed by atoms with E-state index in [1.54, 1.807) is 6.07 Å². The summed E-state index contributed by atoms with van der Waals surface area (Å²) in [6.45, 7) is 5.30. The van der Waals surface area contributed by atoms with E-state index in [9.17, 15) is 14.4 Å². The molecule has 1 aromatic rings. The molecule has 2 rings (SSSR count). The van der Waals surface area contributed by atoms with Crippen molar-refractivity contribution in [3.8, 4) is 0 Å². The molecule has 0 aliphatic carbocycles. The van der Waals surface area contributed by atoms with Crippen molar-refractivity contribution in [1.82, 2.24) is 15.5 Å². The molecule has 6 nitrogen and oxygen atoms in total. The van der Waals surface area contributed by atoms with E-state index in [0.29, 0.717) is 17.7 Å². The maximum atomic E-state index is 12.1. The fourth-order valence-corrected chi connectivity index (χ4v) is 2.27. The molecule has 0 unspecified atom stereocenters. The third-order valence-corrected chi connectivity index (χ3v) is 3.47. The predicted octanol–water partition coefficient (Wildman–Crippen LogP) is 0.640. The molecule has 1 atom stereocenters. The molecule has 3 amide bonds. The molecular formula is C15H19N3O3. The van der Waals surface area contributed by atoms with Crippen LogP contribution >= 0.6 is 0 Å². The summed E-state index contributed by atoms with van der Waals surface area (Å²) in [6.07, 6.45) is 0. The minimum atomic E-state index is -0.370. The summed E-state index contributed by atoms with van der Waals surface area (Å²) in [5.41, 5.74) is 1.02. The van der Waals surface area contributed by atoms with E-state index in [2.05, 4.69) is 10.6 Å². The highest BCUT2D eigenvalue weighted by molar-refractivity contribution is 6.21. The molecule has 1 aliphatic heterocycles. The van der Waals surface area contributed by atoms with Crippen molar-refractivity contribution < 1.29 is 14.4 Å². The van der Waals surface area contributed by atoms with Crippen molar-refractivity contribution in [2.75, 3.05) is 20.1 Å². The first kappa shape index (κ1) is 15.2. The van der Waals surface area contributed by atoms with Crippen molar-refractivity contribution in [1.29, 1.82) is 0 Å². The van der Waals surface area contributed by atoms with Gasteiger partial charge in [-0.1, -0.05) is 6.92 Å². The first-order chi connectivity index (χ1) is 9.95. The topological polar surface area (TPSA) is 78.5 Å². The van der Waals surface area contributed by atoms with Gasteiger partial charge in [0.25, 0.3) is 17.7 Å².